The van der Waals surface area contributed by atoms with Gasteiger partial charge in [0.2, 0.25) is 0 Å². The molecule has 0 radical (unpaired) electrons. The molecule has 0 aromatic heterocycles. The molecule has 1 heterocycles. The Balaban J connectivity index is 1.98. The monoisotopic (exact) mass is 303 g/mol. The number of benzene rings is 1. The zero-order chi connectivity index (χ0) is 14.8. The minimum atomic E-state index is -4.44. The molecule has 0 aliphatic carbocycles. The van der Waals surface area contributed by atoms with E-state index in [4.69, 9.17) is 0 Å². The average molecular weight is 303 g/mol. The third kappa shape index (κ3) is 3.89. The molecule has 0 saturated heterocycles. The number of nitrogens with zero attached hydrogens (tertiary/aromatic N) is 1. The summed E-state index contributed by atoms with van der Waals surface area (Å²) in [5, 5.41) is 5.61. The van der Waals surface area contributed by atoms with E-state index in [0.717, 1.165) is 12.1 Å². The Morgan fingerprint density at radius 2 is 2.15 bits per heavy atom. The van der Waals surface area contributed by atoms with Crippen LogP contribution in [0, 0.1) is 0 Å². The molecule has 0 saturated carbocycles. The molecule has 8 heteroatoms. The number of aliphatic imine (C=N–C) groups is 1. The van der Waals surface area contributed by atoms with Crippen molar-refractivity contribution in [2.45, 2.75) is 18.3 Å². The fraction of sp³-hybridized carbons (Fsp3) is 0.333. The van der Waals surface area contributed by atoms with Gasteiger partial charge in [-0.15, -0.1) is 0 Å². The zero-order valence-corrected chi connectivity index (χ0v) is 11.3. The van der Waals surface area contributed by atoms with E-state index in [1.807, 2.05) is 6.92 Å². The van der Waals surface area contributed by atoms with E-state index in [1.54, 1.807) is 0 Å². The average Bonchev–Trinajstić information content (AvgIpc) is 2.73. The number of hydrogen-bond acceptors (Lipinski definition) is 3. The van der Waals surface area contributed by atoms with Crippen LogP contribution in [0.2, 0.25) is 0 Å². The van der Waals surface area contributed by atoms with Gasteiger partial charge in [-0.25, -0.2) is 4.79 Å². The van der Waals surface area contributed by atoms with Crippen molar-refractivity contribution >= 4 is 28.6 Å². The Hall–Kier alpha value is -1.70. The predicted molar refractivity (Wildman–Crippen MR) is 73.0 cm³/mol. The number of thioether (sulfide) groups is 1. The highest BCUT2D eigenvalue weighted by molar-refractivity contribution is 8.14. The van der Waals surface area contributed by atoms with Crippen LogP contribution in [0.1, 0.15) is 12.5 Å². The first-order chi connectivity index (χ1) is 9.34. The molecule has 4 nitrogen and oxygen atoms in total. The van der Waals surface area contributed by atoms with Crippen molar-refractivity contribution in [3.8, 4) is 0 Å². The lowest BCUT2D eigenvalue weighted by Crippen LogP contribution is -2.32. The minimum Gasteiger partial charge on any atom is -0.308 e. The van der Waals surface area contributed by atoms with E-state index < -0.39 is 17.8 Å². The largest absolute Gasteiger partial charge is 0.416 e. The highest BCUT2D eigenvalue weighted by Gasteiger charge is 2.30. The topological polar surface area (TPSA) is 53.5 Å². The minimum absolute atomic E-state index is 0.0778. The van der Waals surface area contributed by atoms with Gasteiger partial charge >= 0.3 is 12.2 Å². The fourth-order valence-electron chi connectivity index (χ4n) is 1.58. The number of urea groups is 1. The molecule has 1 aliphatic rings. The van der Waals surface area contributed by atoms with Crippen molar-refractivity contribution < 1.29 is 18.0 Å². The lowest BCUT2D eigenvalue weighted by atomic mass is 10.2. The molecule has 1 atom stereocenters. The number of amidine groups is 1. The van der Waals surface area contributed by atoms with E-state index in [0.29, 0.717) is 17.0 Å². The second-order valence-corrected chi connectivity index (χ2v) is 5.66. The van der Waals surface area contributed by atoms with Gasteiger partial charge in [0.05, 0.1) is 12.1 Å². The van der Waals surface area contributed by atoms with Gasteiger partial charge < -0.3 is 5.32 Å². The van der Waals surface area contributed by atoms with Crippen LogP contribution in [0.4, 0.5) is 23.7 Å². The molecular formula is C12H12F3N3OS. The van der Waals surface area contributed by atoms with E-state index in [-0.39, 0.29) is 5.69 Å². The summed E-state index contributed by atoms with van der Waals surface area (Å²) in [4.78, 5) is 15.7. The van der Waals surface area contributed by atoms with Crippen molar-refractivity contribution in [3.05, 3.63) is 29.8 Å². The van der Waals surface area contributed by atoms with Crippen molar-refractivity contribution in [1.29, 1.82) is 0 Å². The fourth-order valence-corrected chi connectivity index (χ4v) is 2.41. The molecule has 1 aliphatic heterocycles. The van der Waals surface area contributed by atoms with Gasteiger partial charge in [0.25, 0.3) is 0 Å². The maximum Gasteiger partial charge on any atom is 0.416 e. The molecule has 2 amide bonds. The summed E-state index contributed by atoms with van der Waals surface area (Å²) in [6, 6.07) is 3.85. The van der Waals surface area contributed by atoms with Gasteiger partial charge in [0, 0.05) is 10.9 Å². The lowest BCUT2D eigenvalue weighted by molar-refractivity contribution is -0.137. The van der Waals surface area contributed by atoms with Crippen LogP contribution in [0.25, 0.3) is 0 Å². The standard InChI is InChI=1S/C12H12F3N3OS/c1-7-6-16-11(20-7)18-10(19)17-9-4-2-3-8(5-9)12(13,14)15/h2-5,7H,6H2,1H3,(H2,16,17,18,19)/t7-/m1/s1. The summed E-state index contributed by atoms with van der Waals surface area (Å²) in [7, 11) is 0. The third-order valence-electron chi connectivity index (χ3n) is 2.47. The van der Waals surface area contributed by atoms with Gasteiger partial charge in [-0.05, 0) is 18.2 Å². The van der Waals surface area contributed by atoms with Gasteiger partial charge in [-0.3, -0.25) is 10.3 Å². The molecule has 0 bridgehead atoms. The quantitative estimate of drug-likeness (QED) is 0.836. The van der Waals surface area contributed by atoms with Crippen LogP contribution in [0.15, 0.2) is 29.3 Å². The zero-order valence-electron chi connectivity index (χ0n) is 10.5. The molecule has 0 spiro atoms. The Labute approximate surface area is 117 Å². The first-order valence-corrected chi connectivity index (χ1v) is 6.69. The van der Waals surface area contributed by atoms with Crippen molar-refractivity contribution in [2.24, 2.45) is 4.99 Å². The Morgan fingerprint density at radius 1 is 1.40 bits per heavy atom. The molecule has 0 unspecified atom stereocenters. The van der Waals surface area contributed by atoms with Crippen LogP contribution in [0.5, 0.6) is 0 Å². The molecule has 2 N–H and O–H groups in total. The number of anilines is 1. The molecule has 0 fully saturated rings. The van der Waals surface area contributed by atoms with E-state index in [2.05, 4.69) is 15.6 Å². The number of alkyl halides is 3. The number of carbonyl (C=O) groups is 1. The predicted octanol–water partition coefficient (Wildman–Crippen LogP) is 3.32. The van der Waals surface area contributed by atoms with Crippen molar-refractivity contribution in [3.63, 3.8) is 0 Å². The van der Waals surface area contributed by atoms with Crippen LogP contribution < -0.4 is 10.6 Å². The number of nitrogens with one attached hydrogen (secondary N) is 2. The summed E-state index contributed by atoms with van der Waals surface area (Å²) in [6.07, 6.45) is -4.44. The van der Waals surface area contributed by atoms with Crippen LogP contribution in [-0.2, 0) is 6.18 Å². The molecule has 1 aromatic rings. The first-order valence-electron chi connectivity index (χ1n) is 5.81. The van der Waals surface area contributed by atoms with Crippen LogP contribution in [-0.4, -0.2) is 23.0 Å². The Bertz CT molecular complexity index is 545. The number of carbonyl (C=O) groups excluding carboxylic acids is 1. The normalized spacial score (nSPS) is 18.6. The van der Waals surface area contributed by atoms with Gasteiger partial charge in [-0.2, -0.15) is 13.2 Å². The summed E-state index contributed by atoms with van der Waals surface area (Å²) < 4.78 is 37.6. The third-order valence-corrected chi connectivity index (χ3v) is 3.48. The highest BCUT2D eigenvalue weighted by atomic mass is 32.2. The van der Waals surface area contributed by atoms with Gasteiger partial charge in [0.15, 0.2) is 5.17 Å². The first kappa shape index (κ1) is 14.7. The van der Waals surface area contributed by atoms with Crippen LogP contribution >= 0.6 is 11.8 Å². The highest BCUT2D eigenvalue weighted by Crippen LogP contribution is 2.30. The van der Waals surface area contributed by atoms with Gasteiger partial charge in [0.1, 0.15) is 0 Å². The number of halogens is 3. The molecule has 20 heavy (non-hydrogen) atoms. The van der Waals surface area contributed by atoms with E-state index in [9.17, 15) is 18.0 Å². The van der Waals surface area contributed by atoms with Crippen LogP contribution in [0.3, 0.4) is 0 Å². The second kappa shape index (κ2) is 5.74. The maximum atomic E-state index is 12.5. The van der Waals surface area contributed by atoms with Crippen molar-refractivity contribution in [1.82, 2.24) is 5.32 Å². The Kier molecular flexibility index (Phi) is 4.22. The maximum absolute atomic E-state index is 12.5. The molecule has 2 rings (SSSR count). The van der Waals surface area contributed by atoms with E-state index >= 15 is 0 Å². The smallest absolute Gasteiger partial charge is 0.308 e. The summed E-state index contributed by atoms with van der Waals surface area (Å²) in [6.45, 7) is 2.58. The second-order valence-electron chi connectivity index (χ2n) is 4.23. The number of hydrogen-bond donors (Lipinski definition) is 2. The Morgan fingerprint density at radius 3 is 2.75 bits per heavy atom. The van der Waals surface area contributed by atoms with Crippen molar-refractivity contribution in [2.75, 3.05) is 11.9 Å². The number of amides is 2. The van der Waals surface area contributed by atoms with E-state index in [1.165, 1.54) is 23.9 Å². The van der Waals surface area contributed by atoms with Gasteiger partial charge in [-0.1, -0.05) is 24.8 Å². The molecular weight excluding hydrogens is 291 g/mol. The lowest BCUT2D eigenvalue weighted by Gasteiger charge is -2.10. The molecule has 1 aromatic carbocycles. The summed E-state index contributed by atoms with van der Waals surface area (Å²) in [5.41, 5.74) is -0.731. The number of rotatable bonds is 1. The molecule has 108 valence electrons. The summed E-state index contributed by atoms with van der Waals surface area (Å²) >= 11 is 1.41. The summed E-state index contributed by atoms with van der Waals surface area (Å²) in [5.74, 6) is 0. The SMILES string of the molecule is C[C@@H]1CN=C(NC(=O)Nc2cccc(C(F)(F)F)c2)S1.